The van der Waals surface area contributed by atoms with Gasteiger partial charge in [0.05, 0.1) is 0 Å². The van der Waals surface area contributed by atoms with Gasteiger partial charge in [0.1, 0.15) is 7.28 Å². The van der Waals surface area contributed by atoms with E-state index in [0.29, 0.717) is 0 Å². The third-order valence-corrected chi connectivity index (χ3v) is 3.03. The smallest absolute Gasteiger partial charge is 0.104 e. The van der Waals surface area contributed by atoms with Gasteiger partial charge in [0, 0.05) is 0 Å². The molecular weight excluding hydrogens is 131 g/mol. The average Bonchev–Trinajstić information content (AvgIpc) is 2.03. The molecular formula is C10H19B. The highest BCUT2D eigenvalue weighted by atomic mass is 14.2. The summed E-state index contributed by atoms with van der Waals surface area (Å²) in [5.41, 5.74) is 0. The lowest BCUT2D eigenvalue weighted by Gasteiger charge is -2.27. The topological polar surface area (TPSA) is 0 Å². The zero-order valence-corrected chi connectivity index (χ0v) is 7.68. The van der Waals surface area contributed by atoms with E-state index in [1.807, 2.05) is 0 Å². The maximum Gasteiger partial charge on any atom is 0.128 e. The third-order valence-electron chi connectivity index (χ3n) is 3.03. The fourth-order valence-corrected chi connectivity index (χ4v) is 2.15. The molecule has 2 atom stereocenters. The highest BCUT2D eigenvalue weighted by Gasteiger charge is 2.20. The molecule has 0 aliphatic heterocycles. The molecule has 0 nitrogen and oxygen atoms in total. The van der Waals surface area contributed by atoms with Crippen LogP contribution in [0.1, 0.15) is 32.6 Å². The molecule has 0 amide bonds. The van der Waals surface area contributed by atoms with Gasteiger partial charge in [-0.3, -0.25) is 0 Å². The Morgan fingerprint density at radius 1 is 1.45 bits per heavy atom. The van der Waals surface area contributed by atoms with Crippen LogP contribution in [0.3, 0.4) is 0 Å². The van der Waals surface area contributed by atoms with Crippen molar-refractivity contribution < 1.29 is 0 Å². The first kappa shape index (κ1) is 8.90. The molecule has 11 heavy (non-hydrogen) atoms. The molecule has 1 rings (SSSR count). The SMILES string of the molecule is C=CCBC1CCCCC1C. The molecule has 2 unspecified atom stereocenters. The molecule has 0 N–H and O–H groups in total. The summed E-state index contributed by atoms with van der Waals surface area (Å²) >= 11 is 0. The Morgan fingerprint density at radius 2 is 2.18 bits per heavy atom. The van der Waals surface area contributed by atoms with Gasteiger partial charge in [0.25, 0.3) is 0 Å². The first-order valence-electron chi connectivity index (χ1n) is 4.95. The van der Waals surface area contributed by atoms with Crippen molar-refractivity contribution in [1.82, 2.24) is 0 Å². The molecule has 0 aromatic carbocycles. The third kappa shape index (κ3) is 2.73. The lowest BCUT2D eigenvalue weighted by atomic mass is 9.53. The highest BCUT2D eigenvalue weighted by Crippen LogP contribution is 2.33. The predicted molar refractivity (Wildman–Crippen MR) is 53.5 cm³/mol. The zero-order chi connectivity index (χ0) is 8.10. The molecule has 0 heterocycles. The van der Waals surface area contributed by atoms with E-state index in [0.717, 1.165) is 11.7 Å². The predicted octanol–water partition coefficient (Wildman–Crippen LogP) is 3.03. The Hall–Kier alpha value is -0.195. The molecule has 0 radical (unpaired) electrons. The average molecular weight is 150 g/mol. The van der Waals surface area contributed by atoms with Crippen molar-refractivity contribution in [1.29, 1.82) is 0 Å². The van der Waals surface area contributed by atoms with Crippen LogP contribution in [0.5, 0.6) is 0 Å². The van der Waals surface area contributed by atoms with E-state index in [4.69, 9.17) is 0 Å². The Kier molecular flexibility index (Phi) is 3.75. The van der Waals surface area contributed by atoms with Crippen LogP contribution < -0.4 is 0 Å². The monoisotopic (exact) mass is 150 g/mol. The molecule has 1 aliphatic carbocycles. The summed E-state index contributed by atoms with van der Waals surface area (Å²) in [6.07, 6.45) is 9.13. The van der Waals surface area contributed by atoms with Crippen molar-refractivity contribution in [3.05, 3.63) is 12.7 Å². The van der Waals surface area contributed by atoms with Crippen LogP contribution >= 0.6 is 0 Å². The van der Waals surface area contributed by atoms with Gasteiger partial charge in [-0.1, -0.05) is 50.8 Å². The molecule has 62 valence electrons. The molecule has 0 saturated heterocycles. The Morgan fingerprint density at radius 3 is 2.82 bits per heavy atom. The van der Waals surface area contributed by atoms with Crippen molar-refractivity contribution in [2.45, 2.75) is 44.7 Å². The highest BCUT2D eigenvalue weighted by molar-refractivity contribution is 6.38. The molecule has 0 aromatic heterocycles. The second-order valence-corrected chi connectivity index (χ2v) is 3.89. The summed E-state index contributed by atoms with van der Waals surface area (Å²) in [6, 6.07) is 0. The quantitative estimate of drug-likeness (QED) is 0.428. The van der Waals surface area contributed by atoms with Crippen molar-refractivity contribution >= 4 is 7.28 Å². The standard InChI is InChI=1S/C10H19B/c1-3-8-11-10-7-5-4-6-9(10)2/h3,9-11H,1,4-8H2,2H3. The van der Waals surface area contributed by atoms with Gasteiger partial charge in [0.15, 0.2) is 0 Å². The van der Waals surface area contributed by atoms with Gasteiger partial charge in [-0.25, -0.2) is 0 Å². The second-order valence-electron chi connectivity index (χ2n) is 3.89. The van der Waals surface area contributed by atoms with Crippen LogP contribution in [0.4, 0.5) is 0 Å². The van der Waals surface area contributed by atoms with Crippen LogP contribution in [0.25, 0.3) is 0 Å². The number of hydrogen-bond donors (Lipinski definition) is 0. The maximum absolute atomic E-state index is 3.77. The van der Waals surface area contributed by atoms with Crippen molar-refractivity contribution in [2.75, 3.05) is 0 Å². The fourth-order valence-electron chi connectivity index (χ4n) is 2.15. The van der Waals surface area contributed by atoms with Crippen LogP contribution in [0.2, 0.25) is 12.1 Å². The van der Waals surface area contributed by atoms with Gasteiger partial charge < -0.3 is 0 Å². The Labute approximate surface area is 71.3 Å². The maximum atomic E-state index is 3.77. The summed E-state index contributed by atoms with van der Waals surface area (Å²) in [6.45, 7) is 6.18. The van der Waals surface area contributed by atoms with E-state index in [1.54, 1.807) is 0 Å². The van der Waals surface area contributed by atoms with Gasteiger partial charge in [0.2, 0.25) is 0 Å². The van der Waals surface area contributed by atoms with Gasteiger partial charge in [-0.2, -0.15) is 0 Å². The van der Waals surface area contributed by atoms with E-state index in [-0.39, 0.29) is 0 Å². The van der Waals surface area contributed by atoms with Crippen LogP contribution in [0, 0.1) is 5.92 Å². The van der Waals surface area contributed by atoms with Crippen LogP contribution in [-0.4, -0.2) is 7.28 Å². The molecule has 0 aromatic rings. The van der Waals surface area contributed by atoms with Gasteiger partial charge >= 0.3 is 0 Å². The van der Waals surface area contributed by atoms with Gasteiger partial charge in [-0.05, 0) is 5.92 Å². The number of hydrogen-bond acceptors (Lipinski definition) is 0. The first-order chi connectivity index (χ1) is 5.34. The van der Waals surface area contributed by atoms with E-state index in [9.17, 15) is 0 Å². The summed E-state index contributed by atoms with van der Waals surface area (Å²) in [4.78, 5) is 0. The van der Waals surface area contributed by atoms with Crippen molar-refractivity contribution in [3.8, 4) is 0 Å². The molecule has 1 heteroatoms. The van der Waals surface area contributed by atoms with E-state index < -0.39 is 0 Å². The minimum absolute atomic E-state index is 0.976. The summed E-state index contributed by atoms with van der Waals surface area (Å²) in [7, 11) is 1.38. The lowest BCUT2D eigenvalue weighted by molar-refractivity contribution is 0.383. The minimum atomic E-state index is 0.976. The second kappa shape index (κ2) is 4.64. The largest absolute Gasteiger partial charge is 0.128 e. The van der Waals surface area contributed by atoms with Crippen molar-refractivity contribution in [3.63, 3.8) is 0 Å². The van der Waals surface area contributed by atoms with E-state index >= 15 is 0 Å². The van der Waals surface area contributed by atoms with Crippen molar-refractivity contribution in [2.24, 2.45) is 5.92 Å². The molecule has 1 aliphatic rings. The summed E-state index contributed by atoms with van der Waals surface area (Å²) < 4.78 is 0. The minimum Gasteiger partial charge on any atom is -0.104 e. The first-order valence-corrected chi connectivity index (χ1v) is 4.95. The number of rotatable bonds is 3. The van der Waals surface area contributed by atoms with Crippen LogP contribution in [0.15, 0.2) is 12.7 Å². The Balaban J connectivity index is 2.23. The summed E-state index contributed by atoms with van der Waals surface area (Å²) in [5.74, 6) is 1.98. The molecule has 0 spiro atoms. The Bertz CT molecular complexity index is 120. The molecule has 1 saturated carbocycles. The number of allylic oxidation sites excluding steroid dienone is 1. The van der Waals surface area contributed by atoms with Gasteiger partial charge in [-0.15, -0.1) is 6.58 Å². The molecule has 0 bridgehead atoms. The molecule has 1 fully saturated rings. The summed E-state index contributed by atoms with van der Waals surface area (Å²) in [5, 5.41) is 0. The van der Waals surface area contributed by atoms with E-state index in [1.165, 1.54) is 39.3 Å². The normalized spacial score (nSPS) is 31.4. The zero-order valence-electron chi connectivity index (χ0n) is 7.68. The van der Waals surface area contributed by atoms with E-state index in [2.05, 4.69) is 19.6 Å². The fraction of sp³-hybridized carbons (Fsp3) is 0.800. The lowest BCUT2D eigenvalue weighted by Crippen LogP contribution is -2.16. The van der Waals surface area contributed by atoms with Crippen LogP contribution in [-0.2, 0) is 0 Å².